The van der Waals surface area contributed by atoms with E-state index in [4.69, 9.17) is 16.0 Å². The minimum Gasteiger partial charge on any atom is -0.545 e. The van der Waals surface area contributed by atoms with E-state index in [2.05, 4.69) is 4.74 Å². The van der Waals surface area contributed by atoms with Gasteiger partial charge in [-0.1, -0.05) is 23.7 Å². The molecule has 0 bridgehead atoms. The number of aromatic carboxylic acids is 1. The summed E-state index contributed by atoms with van der Waals surface area (Å²) in [6.45, 7) is -0.467. The van der Waals surface area contributed by atoms with Crippen molar-refractivity contribution >= 4 is 52.5 Å². The summed E-state index contributed by atoms with van der Waals surface area (Å²) in [5.74, 6) is -2.05. The van der Waals surface area contributed by atoms with Crippen LogP contribution in [0.2, 0.25) is 5.02 Å². The molecule has 0 radical (unpaired) electrons. The SMILES string of the molecule is COC(=O)CN1C(=O)S/C(=C/c2ccc(-c3ccc(C(=O)[O-])c(Cl)c3)o2)C1=O. The normalized spacial score (nSPS) is 15.4. The third-order valence-electron chi connectivity index (χ3n) is 3.76. The van der Waals surface area contributed by atoms with Crippen molar-refractivity contribution in [3.05, 3.63) is 51.6 Å². The van der Waals surface area contributed by atoms with Crippen molar-refractivity contribution in [2.45, 2.75) is 0 Å². The highest BCUT2D eigenvalue weighted by Crippen LogP contribution is 2.33. The number of hydrogen-bond donors (Lipinski definition) is 0. The number of carbonyl (C=O) groups excluding carboxylic acids is 4. The highest BCUT2D eigenvalue weighted by Gasteiger charge is 2.36. The maximum atomic E-state index is 12.3. The number of carboxylic acid groups (broad SMARTS) is 1. The Hall–Kier alpha value is -3.04. The van der Waals surface area contributed by atoms with Gasteiger partial charge in [-0.25, -0.2) is 0 Å². The van der Waals surface area contributed by atoms with Crippen LogP contribution in [0.15, 0.2) is 39.7 Å². The molecule has 0 saturated carbocycles. The van der Waals surface area contributed by atoms with Gasteiger partial charge in [0.25, 0.3) is 11.1 Å². The Morgan fingerprint density at radius 3 is 2.68 bits per heavy atom. The number of carbonyl (C=O) groups is 4. The van der Waals surface area contributed by atoms with Crippen molar-refractivity contribution in [2.75, 3.05) is 13.7 Å². The minimum absolute atomic E-state index is 0.000574. The molecule has 1 aliphatic heterocycles. The van der Waals surface area contributed by atoms with Crippen molar-refractivity contribution in [1.82, 2.24) is 4.90 Å². The van der Waals surface area contributed by atoms with Crippen LogP contribution in [0.4, 0.5) is 4.79 Å². The van der Waals surface area contributed by atoms with Gasteiger partial charge in [-0.3, -0.25) is 19.3 Å². The molecule has 0 atom stereocenters. The maximum absolute atomic E-state index is 12.3. The summed E-state index contributed by atoms with van der Waals surface area (Å²) in [4.78, 5) is 47.3. The number of carboxylic acids is 1. The van der Waals surface area contributed by atoms with Crippen LogP contribution in [0.25, 0.3) is 17.4 Å². The average molecular weight is 421 g/mol. The number of ether oxygens (including phenoxy) is 1. The number of hydrogen-bond acceptors (Lipinski definition) is 8. The van der Waals surface area contributed by atoms with Crippen LogP contribution in [0.3, 0.4) is 0 Å². The third-order valence-corrected chi connectivity index (χ3v) is 4.98. The quantitative estimate of drug-likeness (QED) is 0.533. The molecule has 2 aromatic rings. The predicted molar refractivity (Wildman–Crippen MR) is 98.2 cm³/mol. The van der Waals surface area contributed by atoms with Gasteiger partial charge < -0.3 is 19.1 Å². The number of methoxy groups -OCH3 is 1. The van der Waals surface area contributed by atoms with Gasteiger partial charge in [0, 0.05) is 17.2 Å². The van der Waals surface area contributed by atoms with E-state index >= 15 is 0 Å². The van der Waals surface area contributed by atoms with Crippen LogP contribution in [0.1, 0.15) is 16.1 Å². The number of furan rings is 1. The number of thioether (sulfide) groups is 1. The molecule has 1 fully saturated rings. The van der Waals surface area contributed by atoms with E-state index in [1.54, 1.807) is 12.1 Å². The molecule has 2 heterocycles. The first-order valence-corrected chi connectivity index (χ1v) is 8.93. The molecule has 8 nitrogen and oxygen atoms in total. The van der Waals surface area contributed by atoms with Crippen molar-refractivity contribution in [3.8, 4) is 11.3 Å². The number of nitrogens with zero attached hydrogens (tertiary/aromatic N) is 1. The Labute approximate surface area is 167 Å². The van der Waals surface area contributed by atoms with Crippen LogP contribution >= 0.6 is 23.4 Å². The van der Waals surface area contributed by atoms with Gasteiger partial charge in [-0.2, -0.15) is 0 Å². The van der Waals surface area contributed by atoms with Gasteiger partial charge in [0.2, 0.25) is 0 Å². The molecule has 1 aliphatic rings. The fourth-order valence-electron chi connectivity index (χ4n) is 2.38. The molecular formula is C18H11ClNO7S-. The number of benzene rings is 1. The molecule has 0 N–H and O–H groups in total. The van der Waals surface area contributed by atoms with E-state index in [-0.39, 0.29) is 15.5 Å². The monoisotopic (exact) mass is 420 g/mol. The molecule has 10 heteroatoms. The van der Waals surface area contributed by atoms with Gasteiger partial charge in [0.15, 0.2) is 0 Å². The smallest absolute Gasteiger partial charge is 0.325 e. The summed E-state index contributed by atoms with van der Waals surface area (Å²) in [7, 11) is 1.16. The third kappa shape index (κ3) is 3.95. The molecule has 144 valence electrons. The first-order valence-electron chi connectivity index (χ1n) is 7.73. The lowest BCUT2D eigenvalue weighted by Gasteiger charge is -2.09. The lowest BCUT2D eigenvalue weighted by molar-refractivity contribution is -0.255. The highest BCUT2D eigenvalue weighted by molar-refractivity contribution is 8.18. The molecule has 1 saturated heterocycles. The molecule has 3 rings (SSSR count). The van der Waals surface area contributed by atoms with E-state index in [0.717, 1.165) is 12.0 Å². The van der Waals surface area contributed by atoms with Crippen molar-refractivity contribution in [3.63, 3.8) is 0 Å². The van der Waals surface area contributed by atoms with E-state index in [0.29, 0.717) is 28.8 Å². The number of halogens is 1. The Morgan fingerprint density at radius 1 is 1.29 bits per heavy atom. The second-order valence-electron chi connectivity index (χ2n) is 5.53. The molecular weight excluding hydrogens is 410 g/mol. The summed E-state index contributed by atoms with van der Waals surface area (Å²) >= 11 is 6.60. The van der Waals surface area contributed by atoms with Gasteiger partial charge in [-0.15, -0.1) is 0 Å². The molecule has 0 spiro atoms. The van der Waals surface area contributed by atoms with Gasteiger partial charge in [-0.05, 0) is 30.0 Å². The van der Waals surface area contributed by atoms with Crippen LogP contribution in [-0.4, -0.2) is 41.6 Å². The van der Waals surface area contributed by atoms with E-state index in [9.17, 15) is 24.3 Å². The Morgan fingerprint density at radius 2 is 2.04 bits per heavy atom. The summed E-state index contributed by atoms with van der Waals surface area (Å²) in [5, 5.41) is 10.3. The van der Waals surface area contributed by atoms with Gasteiger partial charge in [0.1, 0.15) is 18.1 Å². The Kier molecular flexibility index (Phi) is 5.57. The first kappa shape index (κ1) is 19.7. The second-order valence-corrected chi connectivity index (χ2v) is 6.93. The first-order chi connectivity index (χ1) is 13.3. The maximum Gasteiger partial charge on any atom is 0.325 e. The predicted octanol–water partition coefficient (Wildman–Crippen LogP) is 2.17. The molecule has 0 unspecified atom stereocenters. The fourth-order valence-corrected chi connectivity index (χ4v) is 3.45. The zero-order valence-corrected chi connectivity index (χ0v) is 15.8. The minimum atomic E-state index is -1.39. The van der Waals surface area contributed by atoms with Crippen LogP contribution in [0.5, 0.6) is 0 Å². The molecule has 1 aromatic carbocycles. The number of esters is 1. The fraction of sp³-hybridized carbons (Fsp3) is 0.111. The molecule has 1 aromatic heterocycles. The highest BCUT2D eigenvalue weighted by atomic mass is 35.5. The standard InChI is InChI=1S/C18H12ClNO7S/c1-26-15(21)8-20-16(22)14(28-18(20)25)7-10-3-5-13(27-10)9-2-4-11(17(23)24)12(19)6-9/h2-7H,8H2,1H3,(H,23,24)/p-1/b14-7+. The molecule has 28 heavy (non-hydrogen) atoms. The van der Waals surface area contributed by atoms with Crippen LogP contribution < -0.4 is 5.11 Å². The van der Waals surface area contributed by atoms with E-state index in [1.165, 1.54) is 24.3 Å². The zero-order chi connectivity index (χ0) is 20.4. The van der Waals surface area contributed by atoms with Crippen molar-refractivity contribution in [2.24, 2.45) is 0 Å². The van der Waals surface area contributed by atoms with Gasteiger partial charge >= 0.3 is 5.97 Å². The number of imide groups is 1. The average Bonchev–Trinajstić information content (AvgIpc) is 3.21. The zero-order valence-electron chi connectivity index (χ0n) is 14.3. The number of rotatable bonds is 5. The van der Waals surface area contributed by atoms with Crippen molar-refractivity contribution in [1.29, 1.82) is 0 Å². The van der Waals surface area contributed by atoms with Gasteiger partial charge in [0.05, 0.1) is 23.0 Å². The molecule has 0 aliphatic carbocycles. The summed E-state index contributed by atoms with van der Waals surface area (Å²) in [5.41, 5.74) is 0.380. The lowest BCUT2D eigenvalue weighted by atomic mass is 10.1. The summed E-state index contributed by atoms with van der Waals surface area (Å²) in [6.07, 6.45) is 1.38. The van der Waals surface area contributed by atoms with Crippen molar-refractivity contribution < 1.29 is 33.4 Å². The summed E-state index contributed by atoms with van der Waals surface area (Å²) in [6, 6.07) is 7.40. The van der Waals surface area contributed by atoms with E-state index < -0.39 is 29.6 Å². The largest absolute Gasteiger partial charge is 0.545 e. The lowest BCUT2D eigenvalue weighted by Crippen LogP contribution is -2.34. The topological polar surface area (TPSA) is 117 Å². The molecule has 2 amide bonds. The second kappa shape index (κ2) is 7.91. The Bertz CT molecular complexity index is 1030. The van der Waals surface area contributed by atoms with E-state index in [1.807, 2.05) is 0 Å². The van der Waals surface area contributed by atoms with Crippen LogP contribution in [-0.2, 0) is 14.3 Å². The Balaban J connectivity index is 1.82. The van der Waals surface area contributed by atoms with Crippen LogP contribution in [0, 0.1) is 0 Å². The number of amides is 2. The summed E-state index contributed by atoms with van der Waals surface area (Å²) < 4.78 is 10.1.